The summed E-state index contributed by atoms with van der Waals surface area (Å²) in [4.78, 5) is 214. The van der Waals surface area contributed by atoms with Crippen LogP contribution in [0.2, 0.25) is 0 Å². The Morgan fingerprint density at radius 3 is 0.527 bits per heavy atom. The molecule has 12 amide bonds. The molecule has 0 saturated heterocycles. The van der Waals surface area contributed by atoms with Crippen LogP contribution in [0.1, 0.15) is 307 Å². The fourth-order valence-corrected chi connectivity index (χ4v) is 12.7. The number of aromatic amines is 4. The van der Waals surface area contributed by atoms with E-state index in [1.54, 1.807) is 0 Å². The third-order valence-corrected chi connectivity index (χ3v) is 20.0. The molecule has 0 aromatic carbocycles. The van der Waals surface area contributed by atoms with Crippen molar-refractivity contribution in [1.82, 2.24) is 104 Å². The van der Waals surface area contributed by atoms with E-state index in [0.717, 1.165) is 77.0 Å². The zero-order chi connectivity index (χ0) is 94.4. The van der Waals surface area contributed by atoms with Gasteiger partial charge in [0.05, 0.1) is 77.7 Å². The van der Waals surface area contributed by atoms with E-state index < -0.39 is 95.3 Å². The van der Waals surface area contributed by atoms with E-state index in [2.05, 4.69) is 131 Å². The van der Waals surface area contributed by atoms with Crippen molar-refractivity contribution in [3.05, 3.63) is 72.9 Å². The van der Waals surface area contributed by atoms with Gasteiger partial charge in [-0.2, -0.15) is 0 Å². The van der Waals surface area contributed by atoms with Crippen molar-refractivity contribution in [2.24, 2.45) is 0 Å². The van der Waals surface area contributed by atoms with E-state index >= 15 is 0 Å². The summed E-state index contributed by atoms with van der Waals surface area (Å²) in [5.74, 6) is -10.1. The monoisotopic (exact) mass is 1870 g/mol. The standard InChI is InChI=1S/4C22H37N5O5.Cu/c4*1-2-3-4-5-6-7-8-9-10-11-19(28)24-14-20(29)25-15-21(30)27-18(22(31)32)12-17-13-23-16-26-17;/h4*13,16,18H,2-12,14-15H2,1H3,(H,23,26)(H,24,28)(H,25,29)(H,27,30)(H,31,32);/q;;;;+2/t4*18-;/m0000./s1. The second-order valence-corrected chi connectivity index (χ2v) is 31.5. The summed E-state index contributed by atoms with van der Waals surface area (Å²) in [6.45, 7) is 6.42. The average Bonchev–Trinajstić information content (AvgIpc) is 1.90. The third-order valence-electron chi connectivity index (χ3n) is 20.0. The molecule has 0 spiro atoms. The van der Waals surface area contributed by atoms with Gasteiger partial charge in [0.25, 0.3) is 0 Å². The van der Waals surface area contributed by atoms with Gasteiger partial charge in [-0.3, -0.25) is 57.5 Å². The van der Waals surface area contributed by atoms with Crippen LogP contribution in [0.5, 0.6) is 0 Å². The van der Waals surface area contributed by atoms with Crippen LogP contribution in [-0.4, -0.2) is 232 Å². The summed E-state index contributed by atoms with van der Waals surface area (Å²) < 4.78 is 0. The Balaban J connectivity index is 0.00000169. The molecule has 129 heavy (non-hydrogen) atoms. The summed E-state index contributed by atoms with van der Waals surface area (Å²) >= 11 is 0. The first-order valence-electron chi connectivity index (χ1n) is 45.8. The molecule has 4 aromatic rings. The quantitative estimate of drug-likeness (QED) is 0.0161. The van der Waals surface area contributed by atoms with Gasteiger partial charge in [0.1, 0.15) is 24.2 Å². The van der Waals surface area contributed by atoms with Crippen molar-refractivity contribution in [2.45, 2.75) is 334 Å². The van der Waals surface area contributed by atoms with Crippen molar-refractivity contribution in [2.75, 3.05) is 52.4 Å². The van der Waals surface area contributed by atoms with Gasteiger partial charge in [-0.1, -0.05) is 233 Å². The number of imidazole rings is 4. The van der Waals surface area contributed by atoms with E-state index in [9.17, 15) is 97.1 Å². The minimum absolute atomic E-state index is 0. The molecule has 20 N–H and O–H groups in total. The number of carboxylic acid groups (broad SMARTS) is 4. The smallest absolute Gasteiger partial charge is 0.480 e. The number of carboxylic acids is 4. The summed E-state index contributed by atoms with van der Waals surface area (Å²) in [7, 11) is 0. The summed E-state index contributed by atoms with van der Waals surface area (Å²) in [6.07, 6.45) is 55.1. The Labute approximate surface area is 768 Å². The molecule has 1 radical (unpaired) electrons. The number of carbonyl (C=O) groups is 16. The molecule has 0 saturated carbocycles. The van der Waals surface area contributed by atoms with Crippen LogP contribution in [0.3, 0.4) is 0 Å². The summed E-state index contributed by atoms with van der Waals surface area (Å²) in [6, 6.07) is -4.57. The van der Waals surface area contributed by atoms with Crippen LogP contribution >= 0.6 is 0 Å². The number of aromatic nitrogens is 8. The molecular weight excluding hydrogens is 1720 g/mol. The molecule has 0 bridgehead atoms. The molecule has 4 atom stereocenters. The average molecular weight is 1870 g/mol. The van der Waals surface area contributed by atoms with Gasteiger partial charge in [-0.25, -0.2) is 39.1 Å². The topological polar surface area (TPSA) is 613 Å². The fourth-order valence-electron chi connectivity index (χ4n) is 12.7. The van der Waals surface area contributed by atoms with Crippen molar-refractivity contribution in [3.8, 4) is 0 Å². The Hall–Kier alpha value is -11.1. The molecule has 41 heteroatoms. The van der Waals surface area contributed by atoms with E-state index in [1.165, 1.54) is 204 Å². The van der Waals surface area contributed by atoms with Gasteiger partial charge in [0.15, 0.2) is 0 Å². The van der Waals surface area contributed by atoms with Gasteiger partial charge in [0, 0.05) is 98.9 Å². The Morgan fingerprint density at radius 1 is 0.233 bits per heavy atom. The van der Waals surface area contributed by atoms with Gasteiger partial charge in [-0.05, 0) is 25.7 Å². The van der Waals surface area contributed by atoms with E-state index in [-0.39, 0.29) is 119 Å². The van der Waals surface area contributed by atoms with Gasteiger partial charge in [0.2, 0.25) is 70.9 Å². The Bertz CT molecular complexity index is 3250. The molecule has 0 fully saturated rings. The summed E-state index contributed by atoms with van der Waals surface area (Å²) in [5, 5.41) is 65.9. The normalized spacial score (nSPS) is 11.4. The molecule has 40 nitrogen and oxygen atoms in total. The number of hydrogen-bond acceptors (Lipinski definition) is 20. The zero-order valence-corrected chi connectivity index (χ0v) is 77.1. The predicted molar refractivity (Wildman–Crippen MR) is 479 cm³/mol. The van der Waals surface area contributed by atoms with Gasteiger partial charge >= 0.3 is 40.9 Å². The number of H-pyrrole nitrogens is 4. The SMILES string of the molecule is CCCCCCCCCCCC(=O)NCC(=O)NCC(=O)N[C@@H](Cc1cnc[nH]1)C(=O)O.CCCCCCCCCCCC(=O)NCC(=O)NCC(=O)N[C@@H](Cc1cnc[nH]1)C(=O)O.CCCCCCCCCCCC(=O)NCC(=O)NCC(=O)N[C@@H](Cc1cnc[nH]1)C(=O)O.CCCCCCCCCCCC(=O)NCC(=O)NCC(=O)N[C@@H](Cc1cnc[nH]1)C(=O)O.[Cu+2]. The number of unbranched alkanes of at least 4 members (excludes halogenated alkanes) is 32. The molecule has 729 valence electrons. The zero-order valence-electron chi connectivity index (χ0n) is 76.1. The van der Waals surface area contributed by atoms with Gasteiger partial charge in [-0.15, -0.1) is 0 Å². The number of amides is 12. The Morgan fingerprint density at radius 2 is 0.380 bits per heavy atom. The summed E-state index contributed by atoms with van der Waals surface area (Å²) in [5.41, 5.74) is 2.26. The molecule has 0 unspecified atom stereocenters. The molecule has 4 heterocycles. The van der Waals surface area contributed by atoms with E-state index in [4.69, 9.17) is 0 Å². The maximum atomic E-state index is 11.9. The second kappa shape index (κ2) is 79.1. The van der Waals surface area contributed by atoms with Crippen LogP contribution in [0.25, 0.3) is 0 Å². The van der Waals surface area contributed by atoms with Crippen molar-refractivity contribution in [1.29, 1.82) is 0 Å². The first-order chi connectivity index (χ1) is 61.7. The molecule has 4 aromatic heterocycles. The number of hydrogen-bond donors (Lipinski definition) is 20. The molecule has 4 rings (SSSR count). The largest absolute Gasteiger partial charge is 2.00 e. The molecular formula is C88H148CuN20O20+2. The van der Waals surface area contributed by atoms with Crippen LogP contribution in [-0.2, 0) is 119 Å². The van der Waals surface area contributed by atoms with Crippen molar-refractivity contribution >= 4 is 94.8 Å². The first kappa shape index (κ1) is 118. The minimum atomic E-state index is -1.19. The predicted octanol–water partition coefficient (Wildman–Crippen LogP) is 6.70. The number of nitrogens with zero attached hydrogens (tertiary/aromatic N) is 4. The minimum Gasteiger partial charge on any atom is -0.480 e. The van der Waals surface area contributed by atoms with Crippen molar-refractivity contribution in [3.63, 3.8) is 0 Å². The second-order valence-electron chi connectivity index (χ2n) is 31.5. The van der Waals surface area contributed by atoms with Crippen LogP contribution < -0.4 is 63.8 Å². The molecule has 0 aliphatic heterocycles. The van der Waals surface area contributed by atoms with E-state index in [1.807, 2.05) is 0 Å². The number of carbonyl (C=O) groups excluding carboxylic acids is 12. The Kier molecular flexibility index (Phi) is 72.3. The number of nitrogens with one attached hydrogen (secondary N) is 16. The maximum absolute atomic E-state index is 11.9. The number of aliphatic carboxylic acids is 4. The third kappa shape index (κ3) is 69.6. The molecule has 0 aliphatic carbocycles. The number of rotatable bonds is 72. The fraction of sp³-hybridized carbons (Fsp3) is 0.682. The van der Waals surface area contributed by atoms with Crippen LogP contribution in [0.15, 0.2) is 50.1 Å². The first-order valence-corrected chi connectivity index (χ1v) is 45.8. The molecule has 0 aliphatic rings. The van der Waals surface area contributed by atoms with Crippen LogP contribution in [0, 0.1) is 0 Å². The van der Waals surface area contributed by atoms with Crippen LogP contribution in [0.4, 0.5) is 0 Å². The maximum Gasteiger partial charge on any atom is 2.00 e. The van der Waals surface area contributed by atoms with E-state index in [0.29, 0.717) is 48.5 Å². The van der Waals surface area contributed by atoms with Gasteiger partial charge < -0.3 is 104 Å². The van der Waals surface area contributed by atoms with Crippen molar-refractivity contribution < 1.29 is 114 Å².